The minimum Gasteiger partial charge on any atom is -0.394 e. The Morgan fingerprint density at radius 1 is 1.31 bits per heavy atom. The van der Waals surface area contributed by atoms with E-state index in [1.54, 1.807) is 27.9 Å². The van der Waals surface area contributed by atoms with E-state index in [-0.39, 0.29) is 24.1 Å². The molecule has 1 aliphatic rings. The molecule has 12 heteroatoms. The number of nitrogens with one attached hydrogen (secondary N) is 2. The van der Waals surface area contributed by atoms with Crippen molar-refractivity contribution < 1.29 is 9.90 Å². The van der Waals surface area contributed by atoms with Gasteiger partial charge in [-0.25, -0.2) is 4.98 Å². The number of nitrogens with zero attached hydrogens (tertiary/aromatic N) is 4. The number of fused-ring (bicyclic) bond motifs is 1. The van der Waals surface area contributed by atoms with Crippen LogP contribution in [0.25, 0.3) is 11.0 Å². The second-order valence-corrected chi connectivity index (χ2v) is 8.50. The van der Waals surface area contributed by atoms with Gasteiger partial charge in [0.2, 0.25) is 11.9 Å². The first kappa shape index (κ1) is 22.5. The monoisotopic (exact) mass is 479 g/mol. The third-order valence-corrected chi connectivity index (χ3v) is 6.27. The molecule has 1 aromatic carbocycles. The summed E-state index contributed by atoms with van der Waals surface area (Å²) in [5.74, 6) is 0.0556. The van der Waals surface area contributed by atoms with Crippen LogP contribution in [-0.2, 0) is 11.3 Å². The molecular formula is C20H23Cl2N7O3. The topological polar surface area (TPSA) is 142 Å². The molecule has 1 fully saturated rings. The third-order valence-electron chi connectivity index (χ3n) is 5.54. The first-order valence-corrected chi connectivity index (χ1v) is 10.9. The summed E-state index contributed by atoms with van der Waals surface area (Å²) in [5.41, 5.74) is 7.09. The van der Waals surface area contributed by atoms with Crippen molar-refractivity contribution in [1.29, 1.82) is 0 Å². The van der Waals surface area contributed by atoms with Gasteiger partial charge in [0.25, 0.3) is 5.56 Å². The summed E-state index contributed by atoms with van der Waals surface area (Å²) < 4.78 is 1.68. The Balaban J connectivity index is 1.47. The number of likely N-dealkylation sites (tertiary alicyclic amines) is 1. The molecule has 0 spiro atoms. The second-order valence-electron chi connectivity index (χ2n) is 7.69. The smallest absolute Gasteiger partial charge is 0.278 e. The zero-order chi connectivity index (χ0) is 22.8. The van der Waals surface area contributed by atoms with Gasteiger partial charge in [-0.1, -0.05) is 29.3 Å². The molecule has 4 rings (SSSR count). The molecule has 0 saturated carbocycles. The van der Waals surface area contributed by atoms with Gasteiger partial charge in [-0.3, -0.25) is 19.3 Å². The molecule has 3 heterocycles. The third kappa shape index (κ3) is 4.58. The molecule has 32 heavy (non-hydrogen) atoms. The summed E-state index contributed by atoms with van der Waals surface area (Å²) in [6.45, 7) is 0.979. The Morgan fingerprint density at radius 3 is 2.75 bits per heavy atom. The zero-order valence-electron chi connectivity index (χ0n) is 17.1. The predicted octanol–water partition coefficient (Wildman–Crippen LogP) is 1.52. The van der Waals surface area contributed by atoms with E-state index in [1.807, 2.05) is 6.07 Å². The standard InChI is InChI=1S/C20H23Cl2N7O3/c21-13-2-1-11(7-14(13)22)8-24-20-26-16-9-25-29(17(16)18(31)27-20)12-3-5-28(6-4-12)19(32)15(23)10-30/h1-2,7,9,12,15,30H,3-6,8,10,23H2,(H2,24,26,27,31). The summed E-state index contributed by atoms with van der Waals surface area (Å²) in [4.78, 5) is 33.8. The Labute approximate surface area is 193 Å². The fraction of sp³-hybridized carbons (Fsp3) is 0.400. The number of rotatable bonds is 6. The van der Waals surface area contributed by atoms with E-state index in [0.29, 0.717) is 59.5 Å². The quantitative estimate of drug-likeness (QED) is 0.419. The fourth-order valence-electron chi connectivity index (χ4n) is 3.81. The van der Waals surface area contributed by atoms with Crippen LogP contribution < -0.4 is 16.6 Å². The van der Waals surface area contributed by atoms with Crippen LogP contribution in [0.2, 0.25) is 10.0 Å². The van der Waals surface area contributed by atoms with Crippen molar-refractivity contribution in [1.82, 2.24) is 24.6 Å². The van der Waals surface area contributed by atoms with Crippen LogP contribution in [0.1, 0.15) is 24.4 Å². The van der Waals surface area contributed by atoms with E-state index in [0.717, 1.165) is 5.56 Å². The summed E-state index contributed by atoms with van der Waals surface area (Å²) in [6.07, 6.45) is 2.81. The number of aliphatic hydroxyl groups excluding tert-OH is 1. The van der Waals surface area contributed by atoms with Crippen LogP contribution in [0.5, 0.6) is 0 Å². The Kier molecular flexibility index (Phi) is 6.66. The maximum Gasteiger partial charge on any atom is 0.278 e. The Morgan fingerprint density at radius 2 is 2.06 bits per heavy atom. The van der Waals surface area contributed by atoms with Crippen LogP contribution in [0.15, 0.2) is 29.2 Å². The molecule has 10 nitrogen and oxygen atoms in total. The summed E-state index contributed by atoms with van der Waals surface area (Å²) in [6, 6.07) is 4.34. The SMILES string of the molecule is NC(CO)C(=O)N1CCC(n2ncc3nc(NCc4ccc(Cl)c(Cl)c4)[nH]c(=O)c32)CC1. The van der Waals surface area contributed by atoms with Crippen molar-refractivity contribution in [2.75, 3.05) is 25.0 Å². The zero-order valence-corrected chi connectivity index (χ0v) is 18.6. The number of aromatic amines is 1. The number of carbonyl (C=O) groups excluding carboxylic acids is 1. The van der Waals surface area contributed by atoms with Gasteiger partial charge in [0, 0.05) is 19.6 Å². The average Bonchev–Trinajstić information content (AvgIpc) is 3.23. The lowest BCUT2D eigenvalue weighted by molar-refractivity contribution is -0.134. The summed E-state index contributed by atoms with van der Waals surface area (Å²) >= 11 is 12.0. The van der Waals surface area contributed by atoms with Crippen LogP contribution in [0.3, 0.4) is 0 Å². The number of piperidine rings is 1. The highest BCUT2D eigenvalue weighted by Crippen LogP contribution is 2.25. The van der Waals surface area contributed by atoms with Crippen molar-refractivity contribution in [3.05, 3.63) is 50.4 Å². The molecule has 5 N–H and O–H groups in total. The van der Waals surface area contributed by atoms with Crippen molar-refractivity contribution in [2.45, 2.75) is 31.5 Å². The van der Waals surface area contributed by atoms with Gasteiger partial charge < -0.3 is 21.1 Å². The lowest BCUT2D eigenvalue weighted by atomic mass is 10.0. The number of hydrogen-bond donors (Lipinski definition) is 4. The normalized spacial score (nSPS) is 15.8. The number of halogens is 2. The minimum absolute atomic E-state index is 0.0418. The lowest BCUT2D eigenvalue weighted by Crippen LogP contribution is -2.48. The van der Waals surface area contributed by atoms with Gasteiger partial charge in [0.15, 0.2) is 5.52 Å². The molecule has 3 aromatic rings. The van der Waals surface area contributed by atoms with Gasteiger partial charge in [0.1, 0.15) is 11.6 Å². The van der Waals surface area contributed by atoms with Gasteiger partial charge in [-0.05, 0) is 30.5 Å². The van der Waals surface area contributed by atoms with E-state index in [4.69, 9.17) is 34.0 Å². The Bertz CT molecular complexity index is 1190. The van der Waals surface area contributed by atoms with Crippen molar-refractivity contribution in [3.63, 3.8) is 0 Å². The molecule has 2 aromatic heterocycles. The van der Waals surface area contributed by atoms with Crippen LogP contribution in [-0.4, -0.2) is 61.4 Å². The number of carbonyl (C=O) groups is 1. The van der Waals surface area contributed by atoms with E-state index < -0.39 is 6.04 Å². The fourth-order valence-corrected chi connectivity index (χ4v) is 4.13. The molecule has 0 aliphatic carbocycles. The van der Waals surface area contributed by atoms with E-state index >= 15 is 0 Å². The number of H-pyrrole nitrogens is 1. The van der Waals surface area contributed by atoms with Crippen molar-refractivity contribution >= 4 is 46.1 Å². The highest BCUT2D eigenvalue weighted by molar-refractivity contribution is 6.42. The van der Waals surface area contributed by atoms with Crippen molar-refractivity contribution in [2.24, 2.45) is 5.73 Å². The molecule has 1 aliphatic heterocycles. The van der Waals surface area contributed by atoms with Gasteiger partial charge >= 0.3 is 0 Å². The first-order chi connectivity index (χ1) is 15.4. The number of hydrogen-bond acceptors (Lipinski definition) is 7. The maximum absolute atomic E-state index is 12.8. The number of anilines is 1. The Hall–Kier alpha value is -2.66. The lowest BCUT2D eigenvalue weighted by Gasteiger charge is -2.33. The second kappa shape index (κ2) is 9.45. The van der Waals surface area contributed by atoms with Crippen molar-refractivity contribution in [3.8, 4) is 0 Å². The number of aromatic nitrogens is 4. The van der Waals surface area contributed by atoms with Gasteiger partial charge in [-0.2, -0.15) is 5.10 Å². The molecule has 0 radical (unpaired) electrons. The average molecular weight is 480 g/mol. The minimum atomic E-state index is -0.904. The summed E-state index contributed by atoms with van der Waals surface area (Å²) in [7, 11) is 0. The molecule has 1 unspecified atom stereocenters. The van der Waals surface area contributed by atoms with Crippen LogP contribution in [0, 0.1) is 0 Å². The number of benzene rings is 1. The molecule has 1 amide bonds. The molecule has 1 atom stereocenters. The van der Waals surface area contributed by atoms with Gasteiger partial charge in [-0.15, -0.1) is 0 Å². The first-order valence-electron chi connectivity index (χ1n) is 10.2. The van der Waals surface area contributed by atoms with Crippen LogP contribution >= 0.6 is 23.2 Å². The largest absolute Gasteiger partial charge is 0.394 e. The number of aliphatic hydroxyl groups is 1. The number of amides is 1. The maximum atomic E-state index is 12.8. The highest BCUT2D eigenvalue weighted by Gasteiger charge is 2.28. The molecular weight excluding hydrogens is 457 g/mol. The van der Waals surface area contributed by atoms with E-state index in [9.17, 15) is 9.59 Å². The van der Waals surface area contributed by atoms with Crippen LogP contribution in [0.4, 0.5) is 5.95 Å². The summed E-state index contributed by atoms with van der Waals surface area (Å²) in [5, 5.41) is 17.5. The predicted molar refractivity (Wildman–Crippen MR) is 122 cm³/mol. The van der Waals surface area contributed by atoms with E-state index in [2.05, 4.69) is 20.4 Å². The van der Waals surface area contributed by atoms with Gasteiger partial charge in [0.05, 0.1) is 28.9 Å². The molecule has 170 valence electrons. The van der Waals surface area contributed by atoms with E-state index in [1.165, 1.54) is 0 Å². The molecule has 1 saturated heterocycles. The molecule has 0 bridgehead atoms. The highest BCUT2D eigenvalue weighted by atomic mass is 35.5. The number of nitrogens with two attached hydrogens (primary N) is 1.